The molecule has 2 aromatic rings. The van der Waals surface area contributed by atoms with Gasteiger partial charge in [-0.05, 0) is 31.0 Å². The van der Waals surface area contributed by atoms with Crippen LogP contribution in [0.3, 0.4) is 0 Å². The van der Waals surface area contributed by atoms with Crippen LogP contribution in [0.2, 0.25) is 0 Å². The first-order valence-electron chi connectivity index (χ1n) is 7.84. The summed E-state index contributed by atoms with van der Waals surface area (Å²) in [4.78, 5) is 1.99. The highest BCUT2D eigenvalue weighted by atomic mass is 35.5. The van der Waals surface area contributed by atoms with Crippen molar-refractivity contribution < 1.29 is 0 Å². The van der Waals surface area contributed by atoms with Crippen LogP contribution >= 0.6 is 12.4 Å². The van der Waals surface area contributed by atoms with Gasteiger partial charge in [0.25, 0.3) is 0 Å². The van der Waals surface area contributed by atoms with Crippen molar-refractivity contribution in [3.05, 3.63) is 35.7 Å². The maximum Gasteiger partial charge on any atom is 0.231 e. The Balaban J connectivity index is 0.00000192. The molecule has 1 aromatic carbocycles. The summed E-state index contributed by atoms with van der Waals surface area (Å²) in [6.07, 6.45) is 6.32. The summed E-state index contributed by atoms with van der Waals surface area (Å²) in [5.74, 6) is 2.42. The fourth-order valence-electron chi connectivity index (χ4n) is 3.24. The van der Waals surface area contributed by atoms with E-state index in [0.29, 0.717) is 11.5 Å². The van der Waals surface area contributed by atoms with Gasteiger partial charge >= 0.3 is 0 Å². The van der Waals surface area contributed by atoms with E-state index in [1.807, 2.05) is 43.3 Å². The van der Waals surface area contributed by atoms with E-state index in [2.05, 4.69) is 20.8 Å². The number of aromatic nitrogens is 3. The largest absolute Gasteiger partial charge is 0.314 e. The quantitative estimate of drug-likeness (QED) is 0.855. The lowest BCUT2D eigenvalue weighted by Crippen LogP contribution is -2.16. The smallest absolute Gasteiger partial charge is 0.231 e. The minimum Gasteiger partial charge on any atom is -0.314 e. The van der Waals surface area contributed by atoms with Crippen LogP contribution < -0.4 is 4.90 Å². The lowest BCUT2D eigenvalue weighted by molar-refractivity contribution is 0.420. The zero-order chi connectivity index (χ0) is 15.5. The van der Waals surface area contributed by atoms with Crippen molar-refractivity contribution in [1.29, 1.82) is 5.26 Å². The van der Waals surface area contributed by atoms with Gasteiger partial charge in [-0.15, -0.1) is 22.6 Å². The molecule has 1 aliphatic carbocycles. The number of halogens is 1. The average Bonchev–Trinajstić information content (AvgIpc) is 2.96. The standard InChI is InChI=1S/C17H21N5.ClH/c1-21(15-10-6-7-13(11-15)12-18)17-20-19-16(22(17)2)14-8-4-3-5-9-14;/h6-7,10-11,14H,3-5,8-9H2,1-2H3;1H. The van der Waals surface area contributed by atoms with Gasteiger partial charge in [-0.2, -0.15) is 5.26 Å². The Labute approximate surface area is 143 Å². The number of hydrogen-bond acceptors (Lipinski definition) is 4. The van der Waals surface area contributed by atoms with Gasteiger partial charge in [-0.25, -0.2) is 0 Å². The molecule has 5 nitrogen and oxygen atoms in total. The Morgan fingerprint density at radius 1 is 1.22 bits per heavy atom. The average molecular weight is 332 g/mol. The number of anilines is 2. The van der Waals surface area contributed by atoms with Crippen molar-refractivity contribution in [2.75, 3.05) is 11.9 Å². The van der Waals surface area contributed by atoms with Crippen LogP contribution in [0.5, 0.6) is 0 Å². The van der Waals surface area contributed by atoms with Crippen molar-refractivity contribution >= 4 is 24.0 Å². The van der Waals surface area contributed by atoms with E-state index in [-0.39, 0.29) is 12.4 Å². The van der Waals surface area contributed by atoms with Crippen LogP contribution in [-0.4, -0.2) is 21.8 Å². The van der Waals surface area contributed by atoms with Gasteiger partial charge in [-0.1, -0.05) is 25.3 Å². The van der Waals surface area contributed by atoms with Crippen LogP contribution in [0.1, 0.15) is 49.4 Å². The second kappa shape index (κ2) is 7.47. The van der Waals surface area contributed by atoms with E-state index >= 15 is 0 Å². The first-order valence-corrected chi connectivity index (χ1v) is 7.84. The van der Waals surface area contributed by atoms with E-state index < -0.39 is 0 Å². The lowest BCUT2D eigenvalue weighted by Gasteiger charge is -2.22. The highest BCUT2D eigenvalue weighted by Gasteiger charge is 2.23. The number of nitrogens with zero attached hydrogens (tertiary/aromatic N) is 5. The van der Waals surface area contributed by atoms with Crippen molar-refractivity contribution in [3.63, 3.8) is 0 Å². The maximum atomic E-state index is 9.04. The van der Waals surface area contributed by atoms with E-state index in [1.54, 1.807) is 0 Å². The molecule has 1 saturated carbocycles. The lowest BCUT2D eigenvalue weighted by atomic mass is 9.89. The van der Waals surface area contributed by atoms with E-state index in [4.69, 9.17) is 5.26 Å². The Morgan fingerprint density at radius 2 is 1.96 bits per heavy atom. The molecule has 0 radical (unpaired) electrons. The summed E-state index contributed by atoms with van der Waals surface area (Å²) in [5, 5.41) is 17.9. The molecule has 0 bridgehead atoms. The fraction of sp³-hybridized carbons (Fsp3) is 0.471. The number of hydrogen-bond donors (Lipinski definition) is 0. The Bertz CT molecular complexity index is 697. The third-order valence-corrected chi connectivity index (χ3v) is 4.52. The minimum atomic E-state index is 0. The molecule has 6 heteroatoms. The van der Waals surface area contributed by atoms with Gasteiger partial charge in [-0.3, -0.25) is 4.57 Å². The van der Waals surface area contributed by atoms with Crippen LogP contribution in [0.25, 0.3) is 0 Å². The van der Waals surface area contributed by atoms with Gasteiger partial charge in [0, 0.05) is 25.7 Å². The Morgan fingerprint density at radius 3 is 2.65 bits per heavy atom. The Hall–Kier alpha value is -2.06. The fourth-order valence-corrected chi connectivity index (χ4v) is 3.24. The van der Waals surface area contributed by atoms with Gasteiger partial charge in [0.2, 0.25) is 5.95 Å². The second-order valence-electron chi connectivity index (χ2n) is 5.97. The van der Waals surface area contributed by atoms with Crippen LogP contribution in [-0.2, 0) is 7.05 Å². The molecule has 0 spiro atoms. The van der Waals surface area contributed by atoms with Crippen molar-refractivity contribution in [2.45, 2.75) is 38.0 Å². The van der Waals surface area contributed by atoms with Crippen molar-refractivity contribution in [3.8, 4) is 6.07 Å². The van der Waals surface area contributed by atoms with Gasteiger partial charge in [0.1, 0.15) is 5.82 Å². The first kappa shape index (κ1) is 17.3. The molecule has 1 fully saturated rings. The normalized spacial score (nSPS) is 14.8. The molecule has 1 aromatic heterocycles. The molecule has 0 unspecified atom stereocenters. The SMILES string of the molecule is CN(c1cccc(C#N)c1)c1nnc(C2CCCCC2)n1C.Cl. The van der Waals surface area contributed by atoms with Gasteiger partial charge in [0.05, 0.1) is 11.6 Å². The third kappa shape index (κ3) is 3.48. The second-order valence-corrected chi connectivity index (χ2v) is 5.97. The van der Waals surface area contributed by atoms with Crippen molar-refractivity contribution in [2.24, 2.45) is 7.05 Å². The zero-order valence-corrected chi connectivity index (χ0v) is 14.4. The monoisotopic (exact) mass is 331 g/mol. The molecule has 0 N–H and O–H groups in total. The summed E-state index contributed by atoms with van der Waals surface area (Å²) in [6, 6.07) is 9.73. The molecule has 0 saturated heterocycles. The summed E-state index contributed by atoms with van der Waals surface area (Å²) in [5.41, 5.74) is 1.60. The minimum absolute atomic E-state index is 0. The summed E-state index contributed by atoms with van der Waals surface area (Å²) in [7, 11) is 4.00. The first-order chi connectivity index (χ1) is 10.7. The number of rotatable bonds is 3. The predicted octanol–water partition coefficient (Wildman–Crippen LogP) is 3.92. The number of benzene rings is 1. The molecular weight excluding hydrogens is 310 g/mol. The zero-order valence-electron chi connectivity index (χ0n) is 13.6. The predicted molar refractivity (Wildman–Crippen MR) is 93.3 cm³/mol. The van der Waals surface area contributed by atoms with Crippen LogP contribution in [0.4, 0.5) is 11.6 Å². The molecule has 0 amide bonds. The molecule has 23 heavy (non-hydrogen) atoms. The third-order valence-electron chi connectivity index (χ3n) is 4.52. The van der Waals surface area contributed by atoms with E-state index in [0.717, 1.165) is 17.5 Å². The van der Waals surface area contributed by atoms with E-state index in [9.17, 15) is 0 Å². The molecule has 1 aliphatic rings. The molecule has 122 valence electrons. The number of nitriles is 1. The maximum absolute atomic E-state index is 9.04. The van der Waals surface area contributed by atoms with E-state index in [1.165, 1.54) is 32.1 Å². The Kier molecular flexibility index (Phi) is 5.62. The van der Waals surface area contributed by atoms with Gasteiger partial charge in [0.15, 0.2) is 0 Å². The van der Waals surface area contributed by atoms with Crippen molar-refractivity contribution in [1.82, 2.24) is 14.8 Å². The molecule has 0 atom stereocenters. The van der Waals surface area contributed by atoms with Crippen LogP contribution in [0.15, 0.2) is 24.3 Å². The van der Waals surface area contributed by atoms with Gasteiger partial charge < -0.3 is 4.90 Å². The molecule has 0 aliphatic heterocycles. The highest BCUT2D eigenvalue weighted by molar-refractivity contribution is 5.85. The topological polar surface area (TPSA) is 57.7 Å². The molecule has 3 rings (SSSR count). The highest BCUT2D eigenvalue weighted by Crippen LogP contribution is 2.33. The molecule has 1 heterocycles. The summed E-state index contributed by atoms with van der Waals surface area (Å²) < 4.78 is 2.09. The molecular formula is C17H22ClN5. The summed E-state index contributed by atoms with van der Waals surface area (Å²) >= 11 is 0. The summed E-state index contributed by atoms with van der Waals surface area (Å²) in [6.45, 7) is 0. The van der Waals surface area contributed by atoms with Crippen LogP contribution in [0, 0.1) is 11.3 Å².